The summed E-state index contributed by atoms with van der Waals surface area (Å²) in [6.07, 6.45) is 0.685. The average Bonchev–Trinajstić information content (AvgIpc) is 2.94. The summed E-state index contributed by atoms with van der Waals surface area (Å²) >= 11 is 3.26. The zero-order valence-electron chi connectivity index (χ0n) is 11.3. The molecule has 0 aliphatic carbocycles. The zero-order valence-corrected chi connectivity index (χ0v) is 13.7. The second-order valence-electron chi connectivity index (χ2n) is 4.56. The van der Waals surface area contributed by atoms with E-state index in [9.17, 15) is 8.42 Å². The van der Waals surface area contributed by atoms with Crippen molar-refractivity contribution in [1.29, 1.82) is 0 Å². The van der Waals surface area contributed by atoms with Gasteiger partial charge in [-0.1, -0.05) is 0 Å². The van der Waals surface area contributed by atoms with Gasteiger partial charge in [-0.2, -0.15) is 4.31 Å². The van der Waals surface area contributed by atoms with E-state index in [4.69, 9.17) is 15.2 Å². The molecule has 0 saturated carbocycles. The number of likely N-dealkylation sites (N-methyl/N-ethyl adjacent to an activating group) is 1. The molecule has 1 aliphatic heterocycles. The first-order valence-corrected chi connectivity index (χ1v) is 8.30. The summed E-state index contributed by atoms with van der Waals surface area (Å²) in [5.41, 5.74) is 6.13. The second kappa shape index (κ2) is 5.88. The van der Waals surface area contributed by atoms with E-state index < -0.39 is 10.0 Å². The molecule has 0 radical (unpaired) electrons. The average molecular weight is 365 g/mol. The molecule has 0 amide bonds. The molecule has 1 aromatic rings. The van der Waals surface area contributed by atoms with Crippen LogP contribution in [0.3, 0.4) is 0 Å². The molecule has 0 bridgehead atoms. The molecule has 112 valence electrons. The number of anilines is 1. The van der Waals surface area contributed by atoms with E-state index in [0.717, 1.165) is 0 Å². The van der Waals surface area contributed by atoms with Gasteiger partial charge >= 0.3 is 0 Å². The third-order valence-corrected chi connectivity index (χ3v) is 5.98. The Labute approximate surface area is 127 Å². The molecule has 1 atom stereocenters. The fourth-order valence-electron chi connectivity index (χ4n) is 2.07. The van der Waals surface area contributed by atoms with Crippen molar-refractivity contribution in [2.75, 3.05) is 33.1 Å². The van der Waals surface area contributed by atoms with Gasteiger partial charge in [-0.15, -0.1) is 0 Å². The standard InChI is InChI=1S/C12H17BrN2O4S/c1-15(8-3-4-19-7-8)20(16,17)12-6-10(14)9(13)5-11(12)18-2/h5-6,8H,3-4,7,14H2,1-2H3. The van der Waals surface area contributed by atoms with Crippen LogP contribution in [0.25, 0.3) is 0 Å². The lowest BCUT2D eigenvalue weighted by atomic mass is 10.3. The summed E-state index contributed by atoms with van der Waals surface area (Å²) < 4.78 is 37.7. The predicted octanol–water partition coefficient (Wildman–Crippen LogP) is 1.45. The van der Waals surface area contributed by atoms with Crippen molar-refractivity contribution in [2.24, 2.45) is 0 Å². The van der Waals surface area contributed by atoms with E-state index in [-0.39, 0.29) is 16.7 Å². The molecule has 1 unspecified atom stereocenters. The highest BCUT2D eigenvalue weighted by molar-refractivity contribution is 9.10. The van der Waals surface area contributed by atoms with Crippen LogP contribution in [-0.4, -0.2) is 46.1 Å². The first-order valence-electron chi connectivity index (χ1n) is 6.06. The van der Waals surface area contributed by atoms with Crippen molar-refractivity contribution >= 4 is 31.6 Å². The van der Waals surface area contributed by atoms with Crippen LogP contribution in [0.15, 0.2) is 21.5 Å². The molecular formula is C12H17BrN2O4S. The fraction of sp³-hybridized carbons (Fsp3) is 0.500. The maximum atomic E-state index is 12.7. The Morgan fingerprint density at radius 2 is 2.20 bits per heavy atom. The molecule has 1 fully saturated rings. The molecule has 1 saturated heterocycles. The molecule has 1 aromatic carbocycles. The number of hydrogen-bond donors (Lipinski definition) is 1. The van der Waals surface area contributed by atoms with Gasteiger partial charge in [0.1, 0.15) is 10.6 Å². The number of halogens is 1. The Morgan fingerprint density at radius 1 is 1.50 bits per heavy atom. The van der Waals surface area contributed by atoms with Crippen molar-refractivity contribution in [3.8, 4) is 5.75 Å². The van der Waals surface area contributed by atoms with Crippen LogP contribution < -0.4 is 10.5 Å². The van der Waals surface area contributed by atoms with Crippen molar-refractivity contribution in [1.82, 2.24) is 4.31 Å². The van der Waals surface area contributed by atoms with Gasteiger partial charge in [-0.05, 0) is 34.5 Å². The van der Waals surface area contributed by atoms with Crippen LogP contribution in [0.2, 0.25) is 0 Å². The topological polar surface area (TPSA) is 81.9 Å². The van der Waals surface area contributed by atoms with Crippen molar-refractivity contribution in [3.05, 3.63) is 16.6 Å². The Kier molecular flexibility index (Phi) is 4.58. The molecule has 0 aromatic heterocycles. The minimum atomic E-state index is -3.68. The summed E-state index contributed by atoms with van der Waals surface area (Å²) in [7, 11) is -0.703. The van der Waals surface area contributed by atoms with E-state index in [1.165, 1.54) is 17.5 Å². The Morgan fingerprint density at radius 3 is 2.75 bits per heavy atom. The highest BCUT2D eigenvalue weighted by Crippen LogP contribution is 2.34. The van der Waals surface area contributed by atoms with E-state index >= 15 is 0 Å². The van der Waals surface area contributed by atoms with E-state index in [1.54, 1.807) is 13.1 Å². The number of hydrogen-bond acceptors (Lipinski definition) is 5. The van der Waals surface area contributed by atoms with Gasteiger partial charge in [0, 0.05) is 23.8 Å². The molecule has 2 N–H and O–H groups in total. The summed E-state index contributed by atoms with van der Waals surface area (Å²) in [6.45, 7) is 0.980. The Bertz CT molecular complexity index is 600. The fourth-order valence-corrected chi connectivity index (χ4v) is 3.94. The number of rotatable bonds is 4. The first-order chi connectivity index (χ1) is 9.37. The Balaban J connectivity index is 2.45. The molecule has 6 nitrogen and oxygen atoms in total. The SMILES string of the molecule is COc1cc(Br)c(N)cc1S(=O)(=O)N(C)C1CCOC1. The molecule has 8 heteroatoms. The lowest BCUT2D eigenvalue weighted by molar-refractivity contribution is 0.180. The minimum Gasteiger partial charge on any atom is -0.495 e. The number of ether oxygens (including phenoxy) is 2. The number of nitrogen functional groups attached to an aromatic ring is 1. The minimum absolute atomic E-state index is 0.0649. The summed E-state index contributed by atoms with van der Waals surface area (Å²) in [5.74, 6) is 0.261. The van der Waals surface area contributed by atoms with Crippen LogP contribution >= 0.6 is 15.9 Å². The zero-order chi connectivity index (χ0) is 14.9. The van der Waals surface area contributed by atoms with Crippen molar-refractivity contribution < 1.29 is 17.9 Å². The first kappa shape index (κ1) is 15.6. The predicted molar refractivity (Wildman–Crippen MR) is 79.3 cm³/mol. The third-order valence-electron chi connectivity index (χ3n) is 3.36. The maximum absolute atomic E-state index is 12.7. The lowest BCUT2D eigenvalue weighted by Gasteiger charge is -2.23. The van der Waals surface area contributed by atoms with E-state index in [0.29, 0.717) is 29.8 Å². The van der Waals surface area contributed by atoms with Crippen LogP contribution in [0.4, 0.5) is 5.69 Å². The lowest BCUT2D eigenvalue weighted by Crippen LogP contribution is -2.37. The van der Waals surface area contributed by atoms with Gasteiger partial charge in [0.2, 0.25) is 10.0 Å². The molecule has 1 heterocycles. The quantitative estimate of drug-likeness (QED) is 0.817. The van der Waals surface area contributed by atoms with Gasteiger partial charge < -0.3 is 15.2 Å². The van der Waals surface area contributed by atoms with Crippen LogP contribution in [0.1, 0.15) is 6.42 Å². The number of benzene rings is 1. The number of nitrogens with two attached hydrogens (primary N) is 1. The van der Waals surface area contributed by atoms with Crippen LogP contribution in [0.5, 0.6) is 5.75 Å². The van der Waals surface area contributed by atoms with E-state index in [2.05, 4.69) is 15.9 Å². The number of sulfonamides is 1. The summed E-state index contributed by atoms with van der Waals surface area (Å²) in [6, 6.07) is 2.81. The smallest absolute Gasteiger partial charge is 0.246 e. The largest absolute Gasteiger partial charge is 0.495 e. The summed E-state index contributed by atoms with van der Waals surface area (Å²) in [5, 5.41) is 0. The van der Waals surface area contributed by atoms with Gasteiger partial charge in [0.25, 0.3) is 0 Å². The van der Waals surface area contributed by atoms with Crippen molar-refractivity contribution in [3.63, 3.8) is 0 Å². The van der Waals surface area contributed by atoms with Gasteiger partial charge in [0.05, 0.1) is 19.8 Å². The van der Waals surface area contributed by atoms with Crippen LogP contribution in [-0.2, 0) is 14.8 Å². The molecule has 2 rings (SSSR count). The number of nitrogens with zero attached hydrogens (tertiary/aromatic N) is 1. The normalized spacial score (nSPS) is 19.5. The van der Waals surface area contributed by atoms with Gasteiger partial charge in [-0.3, -0.25) is 0 Å². The maximum Gasteiger partial charge on any atom is 0.246 e. The Hall–Kier alpha value is -0.830. The number of methoxy groups -OCH3 is 1. The molecule has 1 aliphatic rings. The monoisotopic (exact) mass is 364 g/mol. The molecule has 0 spiro atoms. The third kappa shape index (κ3) is 2.78. The molecular weight excluding hydrogens is 348 g/mol. The van der Waals surface area contributed by atoms with Crippen molar-refractivity contribution in [2.45, 2.75) is 17.4 Å². The highest BCUT2D eigenvalue weighted by atomic mass is 79.9. The van der Waals surface area contributed by atoms with E-state index in [1.807, 2.05) is 0 Å². The molecule has 20 heavy (non-hydrogen) atoms. The highest BCUT2D eigenvalue weighted by Gasteiger charge is 2.33. The van der Waals surface area contributed by atoms with Gasteiger partial charge in [0.15, 0.2) is 0 Å². The van der Waals surface area contributed by atoms with Crippen LogP contribution in [0, 0.1) is 0 Å². The van der Waals surface area contributed by atoms with Gasteiger partial charge in [-0.25, -0.2) is 8.42 Å². The summed E-state index contributed by atoms with van der Waals surface area (Å²) in [4.78, 5) is 0.0649. The second-order valence-corrected chi connectivity index (χ2v) is 7.38.